The Balaban J connectivity index is 2.15. The molecule has 2 rings (SSSR count). The van der Waals surface area contributed by atoms with Crippen LogP contribution in [0.25, 0.3) is 0 Å². The Hall–Kier alpha value is -1.06. The highest BCUT2D eigenvalue weighted by molar-refractivity contribution is 5.97. The van der Waals surface area contributed by atoms with Crippen molar-refractivity contribution in [1.82, 2.24) is 10.2 Å². The number of nitrogens with zero attached hydrogens (tertiary/aromatic N) is 1. The topological polar surface area (TPSA) is 49.4 Å². The molecule has 4 nitrogen and oxygen atoms in total. The van der Waals surface area contributed by atoms with Crippen LogP contribution in [0.5, 0.6) is 0 Å². The van der Waals surface area contributed by atoms with E-state index in [0.717, 1.165) is 6.54 Å². The van der Waals surface area contributed by atoms with E-state index in [4.69, 9.17) is 0 Å². The molecule has 1 aliphatic carbocycles. The van der Waals surface area contributed by atoms with Crippen molar-refractivity contribution < 1.29 is 9.59 Å². The van der Waals surface area contributed by atoms with E-state index in [2.05, 4.69) is 12.2 Å². The lowest BCUT2D eigenvalue weighted by Gasteiger charge is -2.43. The number of hydrogen-bond acceptors (Lipinski definition) is 2. The van der Waals surface area contributed by atoms with Crippen LogP contribution in [0, 0.1) is 17.8 Å². The molecule has 21 heavy (non-hydrogen) atoms. The van der Waals surface area contributed by atoms with E-state index in [9.17, 15) is 9.59 Å². The Morgan fingerprint density at radius 1 is 1.24 bits per heavy atom. The van der Waals surface area contributed by atoms with Gasteiger partial charge >= 0.3 is 0 Å². The largest absolute Gasteiger partial charge is 0.342 e. The zero-order valence-corrected chi connectivity index (χ0v) is 13.9. The first-order valence-corrected chi connectivity index (χ1v) is 8.56. The van der Waals surface area contributed by atoms with Crippen LogP contribution >= 0.6 is 0 Å². The van der Waals surface area contributed by atoms with Crippen LogP contribution in [-0.4, -0.2) is 35.3 Å². The maximum Gasteiger partial charge on any atom is 0.246 e. The monoisotopic (exact) mass is 294 g/mol. The predicted octanol–water partition coefficient (Wildman–Crippen LogP) is 2.57. The summed E-state index contributed by atoms with van der Waals surface area (Å²) in [5.41, 5.74) is 0. The van der Waals surface area contributed by atoms with Crippen molar-refractivity contribution in [3.8, 4) is 0 Å². The molecule has 1 saturated heterocycles. The second kappa shape index (κ2) is 6.80. The molecule has 4 atom stereocenters. The van der Waals surface area contributed by atoms with Crippen molar-refractivity contribution in [2.75, 3.05) is 6.54 Å². The highest BCUT2D eigenvalue weighted by atomic mass is 16.2. The zero-order chi connectivity index (χ0) is 15.6. The van der Waals surface area contributed by atoms with Gasteiger partial charge in [0, 0.05) is 6.54 Å². The molecule has 0 bridgehead atoms. The van der Waals surface area contributed by atoms with Crippen molar-refractivity contribution >= 4 is 11.8 Å². The summed E-state index contributed by atoms with van der Waals surface area (Å²) in [5.74, 6) is 1.50. The first-order chi connectivity index (χ1) is 9.95. The van der Waals surface area contributed by atoms with Gasteiger partial charge in [0.1, 0.15) is 12.1 Å². The Kier molecular flexibility index (Phi) is 5.28. The van der Waals surface area contributed by atoms with Gasteiger partial charge in [0.2, 0.25) is 11.8 Å². The van der Waals surface area contributed by atoms with Crippen molar-refractivity contribution in [3.63, 3.8) is 0 Å². The van der Waals surface area contributed by atoms with E-state index >= 15 is 0 Å². The van der Waals surface area contributed by atoms with Crippen LogP contribution in [0.1, 0.15) is 59.8 Å². The van der Waals surface area contributed by atoms with Gasteiger partial charge in [-0.25, -0.2) is 0 Å². The smallest absolute Gasteiger partial charge is 0.246 e. The summed E-state index contributed by atoms with van der Waals surface area (Å²) in [6, 6.07) is -0.624. The maximum atomic E-state index is 12.8. The minimum Gasteiger partial charge on any atom is -0.342 e. The van der Waals surface area contributed by atoms with Gasteiger partial charge in [-0.2, -0.15) is 0 Å². The average Bonchev–Trinajstić information content (AvgIpc) is 2.44. The van der Waals surface area contributed by atoms with Crippen LogP contribution in [0.4, 0.5) is 0 Å². The summed E-state index contributed by atoms with van der Waals surface area (Å²) in [4.78, 5) is 27.0. The normalized spacial score (nSPS) is 34.2. The highest BCUT2D eigenvalue weighted by Crippen LogP contribution is 2.31. The zero-order valence-electron chi connectivity index (χ0n) is 13.9. The van der Waals surface area contributed by atoms with Gasteiger partial charge in [-0.3, -0.25) is 9.59 Å². The van der Waals surface area contributed by atoms with Crippen molar-refractivity contribution in [2.45, 2.75) is 71.9 Å². The van der Waals surface area contributed by atoms with Crippen LogP contribution < -0.4 is 5.32 Å². The van der Waals surface area contributed by atoms with Gasteiger partial charge in [-0.05, 0) is 30.6 Å². The van der Waals surface area contributed by atoms with Crippen LogP contribution in [0.15, 0.2) is 0 Å². The minimum absolute atomic E-state index is 0.0271. The Bertz CT molecular complexity index is 394. The summed E-state index contributed by atoms with van der Waals surface area (Å²) in [5, 5.41) is 2.91. The van der Waals surface area contributed by atoms with E-state index in [1.807, 2.05) is 25.7 Å². The average molecular weight is 294 g/mol. The number of hydrogen-bond donors (Lipinski definition) is 1. The van der Waals surface area contributed by atoms with Gasteiger partial charge in [-0.1, -0.05) is 47.0 Å². The molecule has 1 aliphatic heterocycles. The van der Waals surface area contributed by atoms with Crippen LogP contribution in [0.2, 0.25) is 0 Å². The summed E-state index contributed by atoms with van der Waals surface area (Å²) in [7, 11) is 0. The molecule has 4 unspecified atom stereocenters. The second-order valence-electron chi connectivity index (χ2n) is 7.17. The summed E-state index contributed by atoms with van der Waals surface area (Å²) in [6.45, 7) is 9.03. The number of piperazine rings is 1. The predicted molar refractivity (Wildman–Crippen MR) is 83.7 cm³/mol. The van der Waals surface area contributed by atoms with Gasteiger partial charge in [0.25, 0.3) is 0 Å². The van der Waals surface area contributed by atoms with Crippen molar-refractivity contribution in [2.24, 2.45) is 17.8 Å². The van der Waals surface area contributed by atoms with Gasteiger partial charge in [-0.15, -0.1) is 0 Å². The summed E-state index contributed by atoms with van der Waals surface area (Å²) < 4.78 is 0. The van der Waals surface area contributed by atoms with E-state index in [1.165, 1.54) is 25.7 Å². The minimum atomic E-state index is -0.348. The number of carbonyl (C=O) groups is 2. The fourth-order valence-electron chi connectivity index (χ4n) is 3.78. The lowest BCUT2D eigenvalue weighted by atomic mass is 9.79. The molecule has 1 N–H and O–H groups in total. The Morgan fingerprint density at radius 3 is 2.48 bits per heavy atom. The number of rotatable bonds is 4. The quantitative estimate of drug-likeness (QED) is 0.866. The van der Waals surface area contributed by atoms with E-state index in [1.54, 1.807) is 0 Å². The summed E-state index contributed by atoms with van der Waals surface area (Å²) >= 11 is 0. The van der Waals surface area contributed by atoms with Crippen molar-refractivity contribution in [1.29, 1.82) is 0 Å². The number of carbonyl (C=O) groups excluding carboxylic acids is 2. The molecule has 4 heteroatoms. The standard InChI is InChI=1S/C17H30N2O2/c1-5-14-16(20)18-15(11(2)3)17(21)19(14)10-13-9-7-6-8-12(13)4/h11-15H,5-10H2,1-4H3,(H,18,20). The third kappa shape index (κ3) is 3.41. The third-order valence-electron chi connectivity index (χ3n) is 5.30. The highest BCUT2D eigenvalue weighted by Gasteiger charge is 2.42. The summed E-state index contributed by atoms with van der Waals surface area (Å²) in [6.07, 6.45) is 5.70. The number of nitrogens with one attached hydrogen (secondary N) is 1. The molecule has 1 saturated carbocycles. The molecular formula is C17H30N2O2. The molecule has 120 valence electrons. The Morgan fingerprint density at radius 2 is 1.90 bits per heavy atom. The molecule has 2 amide bonds. The molecule has 0 aromatic rings. The molecule has 0 radical (unpaired) electrons. The molecule has 2 fully saturated rings. The first kappa shape index (κ1) is 16.3. The van der Waals surface area contributed by atoms with Gasteiger partial charge in [0.05, 0.1) is 0 Å². The molecule has 0 aromatic carbocycles. The van der Waals surface area contributed by atoms with E-state index < -0.39 is 0 Å². The SMILES string of the molecule is CCC1C(=O)NC(C(C)C)C(=O)N1CC1CCCCC1C. The van der Waals surface area contributed by atoms with Crippen LogP contribution in [-0.2, 0) is 9.59 Å². The molecular weight excluding hydrogens is 264 g/mol. The van der Waals surface area contributed by atoms with Gasteiger partial charge < -0.3 is 10.2 Å². The molecule has 0 spiro atoms. The fourth-order valence-corrected chi connectivity index (χ4v) is 3.78. The fraction of sp³-hybridized carbons (Fsp3) is 0.882. The Labute approximate surface area is 128 Å². The van der Waals surface area contributed by atoms with Gasteiger partial charge in [0.15, 0.2) is 0 Å². The first-order valence-electron chi connectivity index (χ1n) is 8.56. The third-order valence-corrected chi connectivity index (χ3v) is 5.30. The second-order valence-corrected chi connectivity index (χ2v) is 7.17. The molecule has 1 heterocycles. The lowest BCUT2D eigenvalue weighted by Crippen LogP contribution is -2.65. The van der Waals surface area contributed by atoms with Crippen molar-refractivity contribution in [3.05, 3.63) is 0 Å². The molecule has 2 aliphatic rings. The van der Waals surface area contributed by atoms with E-state index in [0.29, 0.717) is 18.3 Å². The maximum absolute atomic E-state index is 12.8. The van der Waals surface area contributed by atoms with E-state index in [-0.39, 0.29) is 29.8 Å². The lowest BCUT2D eigenvalue weighted by molar-refractivity contribution is -0.152. The number of amides is 2. The molecule has 0 aromatic heterocycles. The van der Waals surface area contributed by atoms with Crippen LogP contribution in [0.3, 0.4) is 0 Å².